The van der Waals surface area contributed by atoms with Crippen molar-refractivity contribution in [1.82, 2.24) is 4.90 Å². The van der Waals surface area contributed by atoms with E-state index in [1.165, 1.54) is 16.0 Å². The summed E-state index contributed by atoms with van der Waals surface area (Å²) in [7, 11) is 1.66. The fourth-order valence-corrected chi connectivity index (χ4v) is 4.13. The molecule has 1 heterocycles. The second-order valence-electron chi connectivity index (χ2n) is 7.19. The number of imide groups is 1. The fourth-order valence-electron chi connectivity index (χ4n) is 4.13. The highest BCUT2D eigenvalue weighted by atomic mass is 16.6. The summed E-state index contributed by atoms with van der Waals surface area (Å²) in [5, 5.41) is 0. The van der Waals surface area contributed by atoms with Crippen molar-refractivity contribution in [1.29, 1.82) is 0 Å². The normalized spacial score (nSPS) is 21.1. The molecule has 5 heteroatoms. The monoisotopic (exact) mass is 365 g/mol. The summed E-state index contributed by atoms with van der Waals surface area (Å²) in [4.78, 5) is 26.5. The number of methoxy groups -OCH3 is 1. The van der Waals surface area contributed by atoms with E-state index in [2.05, 4.69) is 0 Å². The fraction of sp³-hybridized carbons (Fsp3) is 0.364. The molecule has 1 aliphatic heterocycles. The first kappa shape index (κ1) is 17.6. The predicted molar refractivity (Wildman–Crippen MR) is 101 cm³/mol. The highest BCUT2D eigenvalue weighted by molar-refractivity contribution is 5.94. The zero-order valence-electron chi connectivity index (χ0n) is 15.4. The molecule has 0 radical (unpaired) electrons. The van der Waals surface area contributed by atoms with Crippen molar-refractivity contribution in [3.8, 4) is 5.75 Å². The van der Waals surface area contributed by atoms with Gasteiger partial charge in [0.05, 0.1) is 13.2 Å². The number of hydrogen-bond acceptors (Lipinski definition) is 4. The lowest BCUT2D eigenvalue weighted by Crippen LogP contribution is -2.40. The Morgan fingerprint density at radius 3 is 2.81 bits per heavy atom. The van der Waals surface area contributed by atoms with Crippen molar-refractivity contribution in [3.05, 3.63) is 65.2 Å². The predicted octanol–water partition coefficient (Wildman–Crippen LogP) is 3.71. The van der Waals surface area contributed by atoms with E-state index in [9.17, 15) is 9.59 Å². The maximum absolute atomic E-state index is 12.9. The van der Waals surface area contributed by atoms with Crippen LogP contribution in [0.2, 0.25) is 0 Å². The van der Waals surface area contributed by atoms with Gasteiger partial charge in [0, 0.05) is 6.42 Å². The van der Waals surface area contributed by atoms with Gasteiger partial charge in [-0.25, -0.2) is 9.69 Å². The maximum atomic E-state index is 12.9. The number of ether oxygens (including phenoxy) is 2. The molecule has 0 N–H and O–H groups in total. The van der Waals surface area contributed by atoms with E-state index in [1.54, 1.807) is 7.11 Å². The topological polar surface area (TPSA) is 55.8 Å². The Kier molecular flexibility index (Phi) is 4.84. The molecule has 4 rings (SSSR count). The highest BCUT2D eigenvalue weighted by Crippen LogP contribution is 2.38. The summed E-state index contributed by atoms with van der Waals surface area (Å²) in [6, 6.07) is 15.7. The van der Waals surface area contributed by atoms with Crippen LogP contribution in [0.25, 0.3) is 0 Å². The molecule has 0 aromatic heterocycles. The van der Waals surface area contributed by atoms with Gasteiger partial charge in [0.2, 0.25) is 5.91 Å². The summed E-state index contributed by atoms with van der Waals surface area (Å²) in [5.41, 5.74) is 3.52. The van der Waals surface area contributed by atoms with E-state index in [4.69, 9.17) is 9.47 Å². The molecular formula is C22H23NO4. The van der Waals surface area contributed by atoms with Crippen LogP contribution in [-0.4, -0.2) is 36.7 Å². The first-order valence-electron chi connectivity index (χ1n) is 9.35. The van der Waals surface area contributed by atoms with Gasteiger partial charge in [-0.1, -0.05) is 36.4 Å². The molecule has 2 aromatic carbocycles. The Hall–Kier alpha value is -2.82. The number of benzene rings is 2. The summed E-state index contributed by atoms with van der Waals surface area (Å²) in [5.74, 6) is 0.836. The van der Waals surface area contributed by atoms with Gasteiger partial charge >= 0.3 is 6.09 Å². The Labute approximate surface area is 158 Å². The largest absolute Gasteiger partial charge is 0.497 e. The molecule has 0 saturated carbocycles. The summed E-state index contributed by atoms with van der Waals surface area (Å²) >= 11 is 0. The van der Waals surface area contributed by atoms with E-state index in [1.807, 2.05) is 48.5 Å². The molecule has 1 saturated heterocycles. The Balaban J connectivity index is 1.47. The van der Waals surface area contributed by atoms with Gasteiger partial charge in [0.15, 0.2) is 0 Å². The third kappa shape index (κ3) is 3.54. The first-order valence-corrected chi connectivity index (χ1v) is 9.35. The van der Waals surface area contributed by atoms with Gasteiger partial charge < -0.3 is 9.47 Å². The number of rotatable bonds is 5. The van der Waals surface area contributed by atoms with E-state index in [-0.39, 0.29) is 24.5 Å². The van der Waals surface area contributed by atoms with Crippen LogP contribution < -0.4 is 4.74 Å². The van der Waals surface area contributed by atoms with Gasteiger partial charge in [-0.15, -0.1) is 0 Å². The van der Waals surface area contributed by atoms with Crippen molar-refractivity contribution in [3.63, 3.8) is 0 Å². The summed E-state index contributed by atoms with van der Waals surface area (Å²) in [6.45, 7) is 0.262. The molecule has 2 aromatic rings. The lowest BCUT2D eigenvalue weighted by atomic mass is 9.96. The highest BCUT2D eigenvalue weighted by Gasteiger charge is 2.39. The van der Waals surface area contributed by atoms with Crippen LogP contribution in [0.15, 0.2) is 48.5 Å². The minimum atomic E-state index is -0.520. The molecule has 0 bridgehead atoms. The number of carbonyl (C=O) groups excluding carboxylic acids is 2. The quantitative estimate of drug-likeness (QED) is 0.811. The zero-order valence-corrected chi connectivity index (χ0v) is 15.4. The van der Waals surface area contributed by atoms with Crippen molar-refractivity contribution >= 4 is 12.0 Å². The van der Waals surface area contributed by atoms with Crippen LogP contribution >= 0.6 is 0 Å². The average Bonchev–Trinajstić information content (AvgIpc) is 3.25. The Morgan fingerprint density at radius 2 is 2.04 bits per heavy atom. The van der Waals surface area contributed by atoms with Crippen molar-refractivity contribution in [2.45, 2.75) is 37.6 Å². The number of nitrogens with zero attached hydrogens (tertiary/aromatic N) is 1. The zero-order chi connectivity index (χ0) is 18.8. The molecule has 1 unspecified atom stereocenters. The number of hydrogen-bond donors (Lipinski definition) is 0. The van der Waals surface area contributed by atoms with Crippen molar-refractivity contribution in [2.24, 2.45) is 0 Å². The number of amides is 2. The second kappa shape index (κ2) is 7.43. The minimum Gasteiger partial charge on any atom is -0.497 e. The molecular weight excluding hydrogens is 342 g/mol. The van der Waals surface area contributed by atoms with Crippen LogP contribution in [0, 0.1) is 0 Å². The SMILES string of the molecule is COc1ccc2c(c1)CC[C@@H]2CC(=O)N1C(=O)OCC1Cc1ccccc1. The third-order valence-electron chi connectivity index (χ3n) is 5.52. The van der Waals surface area contributed by atoms with E-state index < -0.39 is 6.09 Å². The molecule has 1 aliphatic carbocycles. The van der Waals surface area contributed by atoms with E-state index in [0.717, 1.165) is 24.2 Å². The molecule has 1 fully saturated rings. The van der Waals surface area contributed by atoms with Crippen LogP contribution in [0.3, 0.4) is 0 Å². The molecule has 5 nitrogen and oxygen atoms in total. The number of cyclic esters (lactones) is 1. The second-order valence-corrected chi connectivity index (χ2v) is 7.19. The van der Waals surface area contributed by atoms with Crippen LogP contribution in [0.4, 0.5) is 4.79 Å². The standard InChI is InChI=1S/C22H23NO4/c1-26-19-9-10-20-16(12-19)7-8-17(20)13-21(24)23-18(14-27-22(23)25)11-15-5-3-2-4-6-15/h2-6,9-10,12,17-18H,7-8,11,13-14H2,1H3/t17-,18?/m1/s1. The van der Waals surface area contributed by atoms with Crippen LogP contribution in [0.5, 0.6) is 5.75 Å². The number of aryl methyl sites for hydroxylation is 1. The van der Waals surface area contributed by atoms with Gasteiger partial charge in [0.1, 0.15) is 12.4 Å². The molecule has 27 heavy (non-hydrogen) atoms. The number of fused-ring (bicyclic) bond motifs is 1. The average molecular weight is 365 g/mol. The van der Waals surface area contributed by atoms with Crippen LogP contribution in [0.1, 0.15) is 35.4 Å². The Morgan fingerprint density at radius 1 is 1.22 bits per heavy atom. The van der Waals surface area contributed by atoms with Crippen molar-refractivity contribution in [2.75, 3.05) is 13.7 Å². The lowest BCUT2D eigenvalue weighted by molar-refractivity contribution is -0.129. The minimum absolute atomic E-state index is 0.143. The Bertz CT molecular complexity index is 849. The van der Waals surface area contributed by atoms with Crippen LogP contribution in [-0.2, 0) is 22.4 Å². The summed E-state index contributed by atoms with van der Waals surface area (Å²) in [6.07, 6.45) is 2.29. The number of carbonyl (C=O) groups is 2. The summed E-state index contributed by atoms with van der Waals surface area (Å²) < 4.78 is 10.5. The van der Waals surface area contributed by atoms with Gasteiger partial charge in [-0.3, -0.25) is 4.79 Å². The van der Waals surface area contributed by atoms with E-state index >= 15 is 0 Å². The lowest BCUT2D eigenvalue weighted by Gasteiger charge is -2.21. The molecule has 2 aliphatic rings. The first-order chi connectivity index (χ1) is 13.2. The van der Waals surface area contributed by atoms with Gasteiger partial charge in [-0.2, -0.15) is 0 Å². The van der Waals surface area contributed by atoms with E-state index in [0.29, 0.717) is 12.8 Å². The molecule has 2 atom stereocenters. The molecule has 140 valence electrons. The van der Waals surface area contributed by atoms with Gasteiger partial charge in [0.25, 0.3) is 0 Å². The molecule has 2 amide bonds. The third-order valence-corrected chi connectivity index (χ3v) is 5.52. The molecule has 0 spiro atoms. The van der Waals surface area contributed by atoms with Crippen molar-refractivity contribution < 1.29 is 19.1 Å². The maximum Gasteiger partial charge on any atom is 0.416 e. The van der Waals surface area contributed by atoms with Gasteiger partial charge in [-0.05, 0) is 54.0 Å². The smallest absolute Gasteiger partial charge is 0.416 e.